The maximum Gasteiger partial charge on any atom is 0.335 e. The van der Waals surface area contributed by atoms with E-state index in [1.54, 1.807) is 12.1 Å². The van der Waals surface area contributed by atoms with Crippen molar-refractivity contribution in [3.63, 3.8) is 0 Å². The molecule has 0 unspecified atom stereocenters. The Morgan fingerprint density at radius 1 is 1.33 bits per heavy atom. The maximum atomic E-state index is 12.4. The fourth-order valence-electron chi connectivity index (χ4n) is 3.64. The number of hydrogen-bond acceptors (Lipinski definition) is 3. The van der Waals surface area contributed by atoms with E-state index in [9.17, 15) is 9.59 Å². The first kappa shape index (κ1) is 14.1. The molecule has 0 bridgehead atoms. The van der Waals surface area contributed by atoms with Gasteiger partial charge in [-0.3, -0.25) is 4.79 Å². The zero-order valence-corrected chi connectivity index (χ0v) is 12.1. The van der Waals surface area contributed by atoms with E-state index in [1.807, 2.05) is 0 Å². The highest BCUT2D eigenvalue weighted by Gasteiger charge is 2.59. The Labute approximate surface area is 123 Å². The van der Waals surface area contributed by atoms with E-state index >= 15 is 0 Å². The van der Waals surface area contributed by atoms with Gasteiger partial charge in [0.2, 0.25) is 0 Å². The van der Waals surface area contributed by atoms with Gasteiger partial charge in [-0.2, -0.15) is 0 Å². The van der Waals surface area contributed by atoms with E-state index in [1.165, 1.54) is 12.1 Å². The van der Waals surface area contributed by atoms with Crippen molar-refractivity contribution < 1.29 is 19.4 Å². The van der Waals surface area contributed by atoms with Crippen LogP contribution >= 0.6 is 0 Å². The molecule has 2 aliphatic rings. The predicted molar refractivity (Wildman–Crippen MR) is 76.3 cm³/mol. The van der Waals surface area contributed by atoms with Crippen molar-refractivity contribution in [2.24, 2.45) is 11.3 Å². The number of carboxylic acid groups (broad SMARTS) is 1. The van der Waals surface area contributed by atoms with Crippen molar-refractivity contribution in [2.45, 2.75) is 32.4 Å². The summed E-state index contributed by atoms with van der Waals surface area (Å²) in [7, 11) is 0. The Balaban J connectivity index is 1.75. The van der Waals surface area contributed by atoms with Crippen LogP contribution in [0.25, 0.3) is 0 Å². The lowest BCUT2D eigenvalue weighted by atomic mass is 9.57. The fourth-order valence-corrected chi connectivity index (χ4v) is 3.64. The number of fused-ring (bicyclic) bond motifs is 1. The van der Waals surface area contributed by atoms with Crippen LogP contribution in [0, 0.1) is 11.3 Å². The van der Waals surface area contributed by atoms with Crippen LogP contribution in [-0.4, -0.2) is 35.7 Å². The van der Waals surface area contributed by atoms with Gasteiger partial charge in [0.25, 0.3) is 5.91 Å². The molecule has 1 aromatic carbocycles. The summed E-state index contributed by atoms with van der Waals surface area (Å²) in [6, 6.07) is 6.19. The van der Waals surface area contributed by atoms with Crippen molar-refractivity contribution >= 4 is 11.9 Å². The monoisotopic (exact) mass is 289 g/mol. The Morgan fingerprint density at radius 2 is 2.05 bits per heavy atom. The molecule has 1 aliphatic carbocycles. The summed E-state index contributed by atoms with van der Waals surface area (Å²) >= 11 is 0. The Kier molecular flexibility index (Phi) is 3.24. The van der Waals surface area contributed by atoms with Crippen molar-refractivity contribution in [3.05, 3.63) is 35.4 Å². The smallest absolute Gasteiger partial charge is 0.335 e. The number of rotatable bonds is 3. The van der Waals surface area contributed by atoms with E-state index in [4.69, 9.17) is 9.84 Å². The van der Waals surface area contributed by atoms with E-state index in [0.717, 1.165) is 13.0 Å². The number of ether oxygens (including phenoxy) is 1. The summed E-state index contributed by atoms with van der Waals surface area (Å²) < 4.78 is 5.71. The minimum absolute atomic E-state index is 0.0750. The highest BCUT2D eigenvalue weighted by molar-refractivity contribution is 5.97. The molecule has 3 atom stereocenters. The topological polar surface area (TPSA) is 75.6 Å². The maximum absolute atomic E-state index is 12.4. The summed E-state index contributed by atoms with van der Waals surface area (Å²) in [5.74, 6) is -0.883. The number of carbonyl (C=O) groups excluding carboxylic acids is 1. The van der Waals surface area contributed by atoms with Gasteiger partial charge in [-0.05, 0) is 24.6 Å². The molecule has 0 aromatic heterocycles. The standard InChI is InChI=1S/C16H19NO4/c1-16(2)12(11-6-7-21-13(11)16)17-14(18)9-4-3-5-10(8-9)15(19)20/h3-5,8,11-13H,6-7H2,1-2H3,(H,17,18)(H,19,20)/t11-,12-,13+/m1/s1. The molecule has 21 heavy (non-hydrogen) atoms. The number of nitrogens with one attached hydrogen (secondary N) is 1. The van der Waals surface area contributed by atoms with Crippen LogP contribution < -0.4 is 5.32 Å². The average Bonchev–Trinajstić information content (AvgIpc) is 2.91. The van der Waals surface area contributed by atoms with Crippen LogP contribution in [0.1, 0.15) is 41.0 Å². The lowest BCUT2D eigenvalue weighted by Crippen LogP contribution is -2.66. The van der Waals surface area contributed by atoms with Crippen molar-refractivity contribution in [2.75, 3.05) is 6.61 Å². The van der Waals surface area contributed by atoms with Crippen LogP contribution in [0.15, 0.2) is 24.3 Å². The molecule has 1 saturated carbocycles. The number of hydrogen-bond donors (Lipinski definition) is 2. The SMILES string of the molecule is CC1(C)[C@H](NC(=O)c2cccc(C(=O)O)c2)[C@H]2CCO[C@@H]21. The van der Waals surface area contributed by atoms with Gasteiger partial charge < -0.3 is 15.2 Å². The molecule has 1 heterocycles. The number of benzene rings is 1. The molecule has 0 radical (unpaired) electrons. The van der Waals surface area contributed by atoms with Crippen LogP contribution in [0.5, 0.6) is 0 Å². The first-order valence-electron chi connectivity index (χ1n) is 7.17. The second kappa shape index (κ2) is 4.84. The van der Waals surface area contributed by atoms with Crippen molar-refractivity contribution in [1.82, 2.24) is 5.32 Å². The van der Waals surface area contributed by atoms with Gasteiger partial charge in [0.05, 0.1) is 11.7 Å². The number of carbonyl (C=O) groups is 2. The first-order chi connectivity index (χ1) is 9.91. The van der Waals surface area contributed by atoms with Gasteiger partial charge in [-0.1, -0.05) is 19.9 Å². The number of aromatic carboxylic acids is 1. The molecule has 2 fully saturated rings. The molecule has 1 amide bonds. The lowest BCUT2D eigenvalue weighted by Gasteiger charge is -2.54. The van der Waals surface area contributed by atoms with Crippen molar-refractivity contribution in [3.8, 4) is 0 Å². The van der Waals surface area contributed by atoms with Gasteiger partial charge in [0, 0.05) is 29.5 Å². The largest absolute Gasteiger partial charge is 0.478 e. The highest BCUT2D eigenvalue weighted by atomic mass is 16.5. The third-order valence-electron chi connectivity index (χ3n) is 4.76. The van der Waals surface area contributed by atoms with E-state index in [0.29, 0.717) is 11.5 Å². The summed E-state index contributed by atoms with van der Waals surface area (Å²) in [5.41, 5.74) is 0.423. The zero-order chi connectivity index (χ0) is 15.2. The van der Waals surface area contributed by atoms with Crippen LogP contribution in [0.3, 0.4) is 0 Å². The third-order valence-corrected chi connectivity index (χ3v) is 4.76. The minimum Gasteiger partial charge on any atom is -0.478 e. The third kappa shape index (κ3) is 2.21. The molecule has 112 valence electrons. The zero-order valence-electron chi connectivity index (χ0n) is 12.1. The van der Waals surface area contributed by atoms with Gasteiger partial charge in [0.15, 0.2) is 0 Å². The molecule has 2 N–H and O–H groups in total. The fraction of sp³-hybridized carbons (Fsp3) is 0.500. The molecule has 1 aliphatic heterocycles. The summed E-state index contributed by atoms with van der Waals surface area (Å²) in [6.45, 7) is 4.94. The number of amides is 1. The number of carboxylic acids is 1. The molecule has 5 heteroatoms. The van der Waals surface area contributed by atoms with Gasteiger partial charge in [0.1, 0.15) is 0 Å². The second-order valence-electron chi connectivity index (χ2n) is 6.40. The predicted octanol–water partition coefficient (Wildman–Crippen LogP) is 1.93. The summed E-state index contributed by atoms with van der Waals surface area (Å²) in [4.78, 5) is 23.3. The van der Waals surface area contributed by atoms with Gasteiger partial charge in [-0.25, -0.2) is 4.79 Å². The molecular weight excluding hydrogens is 270 g/mol. The minimum atomic E-state index is -1.03. The normalized spacial score (nSPS) is 29.3. The van der Waals surface area contributed by atoms with Crippen LogP contribution in [-0.2, 0) is 4.74 Å². The second-order valence-corrected chi connectivity index (χ2v) is 6.40. The summed E-state index contributed by atoms with van der Waals surface area (Å²) in [5, 5.41) is 12.0. The quantitative estimate of drug-likeness (QED) is 0.891. The lowest BCUT2D eigenvalue weighted by molar-refractivity contribution is -0.108. The molecule has 3 rings (SSSR count). The Hall–Kier alpha value is -1.88. The average molecular weight is 289 g/mol. The van der Waals surface area contributed by atoms with Crippen molar-refractivity contribution in [1.29, 1.82) is 0 Å². The molecule has 5 nitrogen and oxygen atoms in total. The Morgan fingerprint density at radius 3 is 2.76 bits per heavy atom. The van der Waals surface area contributed by atoms with E-state index in [2.05, 4.69) is 19.2 Å². The van der Waals surface area contributed by atoms with E-state index < -0.39 is 5.97 Å². The summed E-state index contributed by atoms with van der Waals surface area (Å²) in [6.07, 6.45) is 1.18. The first-order valence-corrected chi connectivity index (χ1v) is 7.17. The highest BCUT2D eigenvalue weighted by Crippen LogP contribution is 2.52. The molecule has 1 aromatic rings. The molecule has 1 saturated heterocycles. The van der Waals surface area contributed by atoms with Crippen LogP contribution in [0.4, 0.5) is 0 Å². The van der Waals surface area contributed by atoms with Crippen LogP contribution in [0.2, 0.25) is 0 Å². The van der Waals surface area contributed by atoms with E-state index in [-0.39, 0.29) is 29.0 Å². The molecular formula is C16H19NO4. The van der Waals surface area contributed by atoms with Gasteiger partial charge in [-0.15, -0.1) is 0 Å². The Bertz CT molecular complexity index is 596. The van der Waals surface area contributed by atoms with Gasteiger partial charge >= 0.3 is 5.97 Å². The molecule has 0 spiro atoms.